The second-order valence-electron chi connectivity index (χ2n) is 8.26. The highest BCUT2D eigenvalue weighted by atomic mass is 35.5. The van der Waals surface area contributed by atoms with E-state index in [1.807, 2.05) is 25.1 Å². The molecule has 0 unspecified atom stereocenters. The molecule has 0 saturated heterocycles. The molecular weight excluding hydrogens is 464 g/mol. The van der Waals surface area contributed by atoms with Gasteiger partial charge in [-0.15, -0.1) is 0 Å². The van der Waals surface area contributed by atoms with Crippen molar-refractivity contribution in [3.8, 4) is 17.2 Å². The molecule has 0 fully saturated rings. The van der Waals surface area contributed by atoms with E-state index in [1.54, 1.807) is 22.9 Å². The van der Waals surface area contributed by atoms with Gasteiger partial charge in [0.2, 0.25) is 0 Å². The zero-order chi connectivity index (χ0) is 24.0. The van der Waals surface area contributed by atoms with Gasteiger partial charge in [-0.3, -0.25) is 4.79 Å². The predicted molar refractivity (Wildman–Crippen MR) is 124 cm³/mol. The van der Waals surface area contributed by atoms with E-state index in [0.717, 1.165) is 46.9 Å². The standard InChI is InChI=1S/C25H22ClF2N3O3/c1-13-21-22(14-9-10-19(34-25(27)28)20(11-14)33-2)23-17(7-4-8-18(23)32)29-24(21)31(30-13)16-6-3-5-15(26)12-16/h3,5-6,9-12,22,25,29H,4,7-8H2,1-2H3/t22-/m1/s1. The van der Waals surface area contributed by atoms with Crippen LogP contribution < -0.4 is 14.8 Å². The summed E-state index contributed by atoms with van der Waals surface area (Å²) in [7, 11) is 1.39. The number of ether oxygens (including phenoxy) is 2. The van der Waals surface area contributed by atoms with Crippen LogP contribution >= 0.6 is 11.6 Å². The van der Waals surface area contributed by atoms with E-state index in [0.29, 0.717) is 17.0 Å². The van der Waals surface area contributed by atoms with Gasteiger partial charge in [0.25, 0.3) is 0 Å². The van der Waals surface area contributed by atoms with Crippen LogP contribution in [0.3, 0.4) is 0 Å². The molecule has 3 aromatic rings. The molecule has 1 aliphatic carbocycles. The molecule has 34 heavy (non-hydrogen) atoms. The summed E-state index contributed by atoms with van der Waals surface area (Å²) in [5.74, 6) is 0.492. The van der Waals surface area contributed by atoms with Gasteiger partial charge in [0.05, 0.1) is 18.5 Å². The number of aromatic nitrogens is 2. The van der Waals surface area contributed by atoms with E-state index >= 15 is 0 Å². The van der Waals surface area contributed by atoms with Gasteiger partial charge in [0.15, 0.2) is 17.3 Å². The van der Waals surface area contributed by atoms with Crippen LogP contribution in [0.2, 0.25) is 5.02 Å². The molecule has 2 aromatic carbocycles. The van der Waals surface area contributed by atoms with Crippen LogP contribution in [0.15, 0.2) is 53.7 Å². The number of nitrogens with one attached hydrogen (secondary N) is 1. The molecule has 1 aliphatic heterocycles. The third kappa shape index (κ3) is 3.81. The van der Waals surface area contributed by atoms with Crippen molar-refractivity contribution in [2.45, 2.75) is 38.7 Å². The van der Waals surface area contributed by atoms with Crippen molar-refractivity contribution >= 4 is 23.2 Å². The molecule has 9 heteroatoms. The molecule has 176 valence electrons. The number of nitrogens with zero attached hydrogens (tertiary/aromatic N) is 2. The number of carbonyl (C=O) groups is 1. The minimum atomic E-state index is -2.97. The topological polar surface area (TPSA) is 65.4 Å². The highest BCUT2D eigenvalue weighted by Crippen LogP contribution is 2.48. The molecule has 2 heterocycles. The number of carbonyl (C=O) groups excluding carboxylic acids is 1. The Morgan fingerprint density at radius 1 is 1.18 bits per heavy atom. The van der Waals surface area contributed by atoms with Gasteiger partial charge in [-0.05, 0) is 55.7 Å². The number of aryl methyl sites for hydroxylation is 1. The number of ketones is 1. The number of halogens is 3. The van der Waals surface area contributed by atoms with E-state index in [1.165, 1.54) is 13.2 Å². The van der Waals surface area contributed by atoms with Gasteiger partial charge < -0.3 is 14.8 Å². The SMILES string of the molecule is COc1cc([C@H]2C3=C(CCCC3=O)Nc3c2c(C)nn3-c2cccc(Cl)c2)ccc1OC(F)F. The second-order valence-corrected chi connectivity index (χ2v) is 8.69. The van der Waals surface area contributed by atoms with Gasteiger partial charge >= 0.3 is 6.61 Å². The van der Waals surface area contributed by atoms with Crippen molar-refractivity contribution in [1.29, 1.82) is 0 Å². The predicted octanol–water partition coefficient (Wildman–Crippen LogP) is 6.01. The van der Waals surface area contributed by atoms with E-state index in [9.17, 15) is 13.6 Å². The molecule has 0 radical (unpaired) electrons. The molecular formula is C25H22ClF2N3O3. The fourth-order valence-corrected chi connectivity index (χ4v) is 4.99. The van der Waals surface area contributed by atoms with E-state index in [-0.39, 0.29) is 17.3 Å². The molecule has 0 bridgehead atoms. The summed E-state index contributed by atoms with van der Waals surface area (Å²) in [6.07, 6.45) is 1.93. The van der Waals surface area contributed by atoms with Crippen LogP contribution in [0.1, 0.15) is 42.0 Å². The van der Waals surface area contributed by atoms with Crippen LogP contribution in [0, 0.1) is 6.92 Å². The van der Waals surface area contributed by atoms with Gasteiger partial charge in [-0.25, -0.2) is 4.68 Å². The third-order valence-corrected chi connectivity index (χ3v) is 6.43. The van der Waals surface area contributed by atoms with Crippen molar-refractivity contribution < 1.29 is 23.0 Å². The first kappa shape index (κ1) is 22.4. The molecule has 2 aliphatic rings. The van der Waals surface area contributed by atoms with Crippen LogP contribution in [-0.4, -0.2) is 29.3 Å². The first-order valence-corrected chi connectivity index (χ1v) is 11.3. The lowest BCUT2D eigenvalue weighted by Crippen LogP contribution is -2.27. The van der Waals surface area contributed by atoms with E-state index in [2.05, 4.69) is 10.1 Å². The Hall–Kier alpha value is -3.39. The Morgan fingerprint density at radius 3 is 2.74 bits per heavy atom. The molecule has 1 N–H and O–H groups in total. The Morgan fingerprint density at radius 2 is 2.00 bits per heavy atom. The smallest absolute Gasteiger partial charge is 0.387 e. The number of anilines is 1. The Bertz CT molecular complexity index is 1320. The highest BCUT2D eigenvalue weighted by molar-refractivity contribution is 6.30. The van der Waals surface area contributed by atoms with Gasteiger partial charge in [0.1, 0.15) is 5.82 Å². The molecule has 1 atom stereocenters. The van der Waals surface area contributed by atoms with Crippen LogP contribution in [0.5, 0.6) is 11.5 Å². The maximum Gasteiger partial charge on any atom is 0.387 e. The largest absolute Gasteiger partial charge is 0.493 e. The number of Topliss-reactive ketones (excluding diaryl/α,β-unsaturated/α-hetero) is 1. The summed E-state index contributed by atoms with van der Waals surface area (Å²) in [6, 6.07) is 12.2. The second kappa shape index (κ2) is 8.76. The minimum Gasteiger partial charge on any atom is -0.493 e. The fourth-order valence-electron chi connectivity index (χ4n) is 4.81. The zero-order valence-electron chi connectivity index (χ0n) is 18.6. The average Bonchev–Trinajstić information content (AvgIpc) is 3.14. The Labute approximate surface area is 200 Å². The Balaban J connectivity index is 1.71. The number of alkyl halides is 2. The normalized spacial score (nSPS) is 17.4. The van der Waals surface area contributed by atoms with E-state index < -0.39 is 12.5 Å². The van der Waals surface area contributed by atoms with Crippen LogP contribution in [0.4, 0.5) is 14.6 Å². The highest BCUT2D eigenvalue weighted by Gasteiger charge is 2.39. The number of fused-ring (bicyclic) bond motifs is 1. The van der Waals surface area contributed by atoms with Crippen molar-refractivity contribution in [3.63, 3.8) is 0 Å². The number of benzene rings is 2. The molecule has 1 aromatic heterocycles. The lowest BCUT2D eigenvalue weighted by atomic mass is 9.76. The number of allylic oxidation sites excluding steroid dienone is 2. The van der Waals surface area contributed by atoms with Crippen molar-refractivity contribution in [3.05, 3.63) is 75.6 Å². The average molecular weight is 486 g/mol. The summed E-state index contributed by atoms with van der Waals surface area (Å²) in [4.78, 5) is 13.1. The molecule has 6 nitrogen and oxygen atoms in total. The summed E-state index contributed by atoms with van der Waals surface area (Å²) < 4.78 is 37.4. The van der Waals surface area contributed by atoms with Gasteiger partial charge in [0, 0.05) is 34.2 Å². The summed E-state index contributed by atoms with van der Waals surface area (Å²) in [6.45, 7) is -1.09. The van der Waals surface area contributed by atoms with E-state index in [4.69, 9.17) is 21.4 Å². The van der Waals surface area contributed by atoms with Gasteiger partial charge in [-0.1, -0.05) is 23.7 Å². The quantitative estimate of drug-likeness (QED) is 0.479. The van der Waals surface area contributed by atoms with Crippen LogP contribution in [-0.2, 0) is 4.79 Å². The Kier molecular flexibility index (Phi) is 5.77. The lowest BCUT2D eigenvalue weighted by Gasteiger charge is -2.33. The monoisotopic (exact) mass is 485 g/mol. The maximum atomic E-state index is 13.1. The first-order valence-electron chi connectivity index (χ1n) is 10.9. The lowest BCUT2D eigenvalue weighted by molar-refractivity contribution is -0.116. The molecule has 0 spiro atoms. The molecule has 0 amide bonds. The van der Waals surface area contributed by atoms with Crippen LogP contribution in [0.25, 0.3) is 5.69 Å². The fraction of sp³-hybridized carbons (Fsp3) is 0.280. The third-order valence-electron chi connectivity index (χ3n) is 6.20. The number of hydrogen-bond donors (Lipinski definition) is 1. The summed E-state index contributed by atoms with van der Waals surface area (Å²) >= 11 is 6.23. The molecule has 5 rings (SSSR count). The summed E-state index contributed by atoms with van der Waals surface area (Å²) in [5.41, 5.74) is 4.63. The minimum absolute atomic E-state index is 0.0613. The molecule has 0 saturated carbocycles. The maximum absolute atomic E-state index is 13.1. The number of rotatable bonds is 5. The first-order chi connectivity index (χ1) is 16.4. The van der Waals surface area contributed by atoms with Crippen molar-refractivity contribution in [2.24, 2.45) is 0 Å². The summed E-state index contributed by atoms with van der Waals surface area (Å²) in [5, 5.41) is 8.81. The van der Waals surface area contributed by atoms with Crippen molar-refractivity contribution in [2.75, 3.05) is 12.4 Å². The van der Waals surface area contributed by atoms with Gasteiger partial charge in [-0.2, -0.15) is 13.9 Å². The number of methoxy groups -OCH3 is 1. The number of hydrogen-bond acceptors (Lipinski definition) is 5. The van der Waals surface area contributed by atoms with Crippen molar-refractivity contribution in [1.82, 2.24) is 9.78 Å². The zero-order valence-corrected chi connectivity index (χ0v) is 19.3.